The van der Waals surface area contributed by atoms with Gasteiger partial charge in [0.1, 0.15) is 5.60 Å². The van der Waals surface area contributed by atoms with Crippen molar-refractivity contribution >= 4 is 5.91 Å². The summed E-state index contributed by atoms with van der Waals surface area (Å²) in [6, 6.07) is 3.28. The van der Waals surface area contributed by atoms with Crippen LogP contribution >= 0.6 is 0 Å². The number of carbonyl (C=O) groups is 1. The third kappa shape index (κ3) is 5.68. The molecule has 0 aliphatic carbocycles. The molecule has 1 aliphatic rings. The second-order valence-electron chi connectivity index (χ2n) is 6.93. The van der Waals surface area contributed by atoms with Crippen LogP contribution in [0.5, 0.6) is 0 Å². The average molecular weight is 334 g/mol. The van der Waals surface area contributed by atoms with Crippen molar-refractivity contribution in [2.45, 2.75) is 19.4 Å². The minimum absolute atomic E-state index is 0.152. The molecule has 1 atom stereocenters. The molecule has 6 heteroatoms. The average Bonchev–Trinajstić information content (AvgIpc) is 2.83. The first-order chi connectivity index (χ1) is 11.2. The fourth-order valence-corrected chi connectivity index (χ4v) is 2.58. The van der Waals surface area contributed by atoms with Crippen molar-refractivity contribution in [1.82, 2.24) is 9.80 Å². The van der Waals surface area contributed by atoms with Crippen LogP contribution in [-0.4, -0.2) is 73.4 Å². The molecule has 0 bridgehead atoms. The van der Waals surface area contributed by atoms with Crippen LogP contribution in [0.2, 0.25) is 0 Å². The van der Waals surface area contributed by atoms with Gasteiger partial charge in [0.2, 0.25) is 0 Å². The Labute approximate surface area is 143 Å². The highest BCUT2D eigenvalue weighted by molar-refractivity contribution is 5.91. The summed E-state index contributed by atoms with van der Waals surface area (Å²) >= 11 is 0. The first-order valence-corrected chi connectivity index (χ1v) is 8.12. The molecule has 0 spiro atoms. The summed E-state index contributed by atoms with van der Waals surface area (Å²) in [5.41, 5.74) is -1.10. The van der Waals surface area contributed by atoms with Crippen molar-refractivity contribution in [2.24, 2.45) is 5.92 Å². The molecule has 2 rings (SSSR count). The Kier molecular flexibility index (Phi) is 6.05. The van der Waals surface area contributed by atoms with Crippen LogP contribution < -0.4 is 0 Å². The highest BCUT2D eigenvalue weighted by Crippen LogP contribution is 2.14. The second kappa shape index (κ2) is 7.84. The molecule has 1 amide bonds. The topological polar surface area (TPSA) is 66.2 Å². The zero-order valence-electron chi connectivity index (χ0n) is 14.8. The lowest BCUT2D eigenvalue weighted by Crippen LogP contribution is -2.38. The molecule has 1 aliphatic heterocycles. The molecule has 2 heterocycles. The maximum absolute atomic E-state index is 12.7. The third-order valence-electron chi connectivity index (χ3n) is 3.56. The van der Waals surface area contributed by atoms with E-state index in [0.717, 1.165) is 6.54 Å². The van der Waals surface area contributed by atoms with Crippen LogP contribution in [0.15, 0.2) is 16.5 Å². The maximum Gasteiger partial charge on any atom is 0.289 e. The molecule has 0 aromatic carbocycles. The number of aliphatic hydroxyl groups is 1. The number of furan rings is 1. The van der Waals surface area contributed by atoms with Crippen LogP contribution in [-0.2, 0) is 4.74 Å². The van der Waals surface area contributed by atoms with E-state index in [1.807, 2.05) is 14.1 Å². The molecule has 6 nitrogen and oxygen atoms in total. The second-order valence-corrected chi connectivity index (χ2v) is 6.93. The fraction of sp³-hybridized carbons (Fsp3) is 0.611. The lowest BCUT2D eigenvalue weighted by Gasteiger charge is -2.24. The zero-order chi connectivity index (χ0) is 17.7. The van der Waals surface area contributed by atoms with Crippen molar-refractivity contribution in [2.75, 3.05) is 46.9 Å². The van der Waals surface area contributed by atoms with Crippen LogP contribution in [0.25, 0.3) is 0 Å². The number of hydrogen-bond acceptors (Lipinski definition) is 5. The quantitative estimate of drug-likeness (QED) is 0.837. The van der Waals surface area contributed by atoms with Gasteiger partial charge in [0.05, 0.1) is 13.2 Å². The van der Waals surface area contributed by atoms with Crippen molar-refractivity contribution < 1.29 is 19.1 Å². The summed E-state index contributed by atoms with van der Waals surface area (Å²) < 4.78 is 11.1. The molecule has 0 unspecified atom stereocenters. The molecular weight excluding hydrogens is 308 g/mol. The highest BCUT2D eigenvalue weighted by atomic mass is 16.5. The van der Waals surface area contributed by atoms with Crippen molar-refractivity contribution in [1.29, 1.82) is 0 Å². The van der Waals surface area contributed by atoms with Gasteiger partial charge in [-0.25, -0.2) is 0 Å². The Balaban J connectivity index is 2.07. The number of amides is 1. The Morgan fingerprint density at radius 2 is 2.21 bits per heavy atom. The Bertz CT molecular complexity index is 619. The van der Waals surface area contributed by atoms with Crippen molar-refractivity contribution in [3.63, 3.8) is 0 Å². The summed E-state index contributed by atoms with van der Waals surface area (Å²) in [6.45, 7) is 6.43. The fourth-order valence-electron chi connectivity index (χ4n) is 2.58. The van der Waals surface area contributed by atoms with E-state index in [4.69, 9.17) is 9.15 Å². The van der Waals surface area contributed by atoms with Gasteiger partial charge in [0, 0.05) is 25.6 Å². The molecule has 1 fully saturated rings. The van der Waals surface area contributed by atoms with Gasteiger partial charge >= 0.3 is 0 Å². The number of ether oxygens (including phenoxy) is 1. The summed E-state index contributed by atoms with van der Waals surface area (Å²) in [4.78, 5) is 16.5. The lowest BCUT2D eigenvalue weighted by molar-refractivity contribution is 0.0702. The predicted octanol–water partition coefficient (Wildman–Crippen LogP) is 1.05. The van der Waals surface area contributed by atoms with Gasteiger partial charge in [-0.1, -0.05) is 5.92 Å². The summed E-state index contributed by atoms with van der Waals surface area (Å²) in [6.07, 6.45) is 0. The number of hydrogen-bond donors (Lipinski definition) is 1. The normalized spacial score (nSPS) is 18.9. The largest absolute Gasteiger partial charge is 0.443 e. The van der Waals surface area contributed by atoms with Gasteiger partial charge < -0.3 is 24.1 Å². The molecule has 24 heavy (non-hydrogen) atoms. The van der Waals surface area contributed by atoms with E-state index in [9.17, 15) is 9.90 Å². The van der Waals surface area contributed by atoms with E-state index >= 15 is 0 Å². The van der Waals surface area contributed by atoms with E-state index in [2.05, 4.69) is 16.7 Å². The molecule has 1 saturated heterocycles. The zero-order valence-corrected chi connectivity index (χ0v) is 14.8. The van der Waals surface area contributed by atoms with Gasteiger partial charge in [-0.3, -0.25) is 4.79 Å². The van der Waals surface area contributed by atoms with Crippen LogP contribution in [0, 0.1) is 17.8 Å². The maximum atomic E-state index is 12.7. The summed E-state index contributed by atoms with van der Waals surface area (Å²) in [5.74, 6) is 6.17. The molecule has 0 saturated carbocycles. The number of rotatable bonds is 3. The highest BCUT2D eigenvalue weighted by Gasteiger charge is 2.25. The van der Waals surface area contributed by atoms with E-state index in [1.54, 1.807) is 30.9 Å². The van der Waals surface area contributed by atoms with Gasteiger partial charge in [0.25, 0.3) is 5.91 Å². The third-order valence-corrected chi connectivity index (χ3v) is 3.56. The van der Waals surface area contributed by atoms with Crippen LogP contribution in [0.4, 0.5) is 0 Å². The summed E-state index contributed by atoms with van der Waals surface area (Å²) in [7, 11) is 4.02. The minimum atomic E-state index is -1.10. The van der Waals surface area contributed by atoms with Gasteiger partial charge in [-0.2, -0.15) is 0 Å². The van der Waals surface area contributed by atoms with Crippen molar-refractivity contribution in [3.05, 3.63) is 23.7 Å². The first-order valence-electron chi connectivity index (χ1n) is 8.12. The van der Waals surface area contributed by atoms with Gasteiger partial charge in [-0.05, 0) is 46.0 Å². The van der Waals surface area contributed by atoms with Gasteiger partial charge in [-0.15, -0.1) is 0 Å². The monoisotopic (exact) mass is 334 g/mol. The number of carbonyl (C=O) groups excluding carboxylic acids is 1. The molecule has 1 N–H and O–H groups in total. The first kappa shape index (κ1) is 18.5. The lowest BCUT2D eigenvalue weighted by atomic mass is 10.1. The standard InChI is InChI=1S/C18H26N2O4/c1-18(2,22)8-7-15-5-6-16(24-15)17(21)20-9-10-23-13-14(12-20)11-19(3)4/h5-6,14,22H,9-13H2,1-4H3/t14-/m0/s1. The van der Waals surface area contributed by atoms with E-state index in [0.29, 0.717) is 32.1 Å². The van der Waals surface area contributed by atoms with E-state index < -0.39 is 5.60 Å². The smallest absolute Gasteiger partial charge is 0.289 e. The molecule has 1 aromatic rings. The number of nitrogens with zero attached hydrogens (tertiary/aromatic N) is 2. The molecular formula is C18H26N2O4. The minimum Gasteiger partial charge on any atom is -0.443 e. The van der Waals surface area contributed by atoms with Crippen LogP contribution in [0.3, 0.4) is 0 Å². The molecule has 132 valence electrons. The van der Waals surface area contributed by atoms with Crippen LogP contribution in [0.1, 0.15) is 30.2 Å². The molecule has 1 aromatic heterocycles. The van der Waals surface area contributed by atoms with E-state index in [-0.39, 0.29) is 17.6 Å². The Morgan fingerprint density at radius 1 is 1.46 bits per heavy atom. The SMILES string of the molecule is CN(C)C[C@@H]1COCCN(C(=O)c2ccc(C#CC(C)(C)O)o2)C1. The summed E-state index contributed by atoms with van der Waals surface area (Å²) in [5, 5.41) is 9.62. The Morgan fingerprint density at radius 3 is 2.88 bits per heavy atom. The molecule has 0 radical (unpaired) electrons. The predicted molar refractivity (Wildman–Crippen MR) is 90.7 cm³/mol. The Hall–Kier alpha value is -1.81. The van der Waals surface area contributed by atoms with Crippen molar-refractivity contribution in [3.8, 4) is 11.8 Å². The van der Waals surface area contributed by atoms with Gasteiger partial charge in [0.15, 0.2) is 11.5 Å². The van der Waals surface area contributed by atoms with E-state index in [1.165, 1.54) is 0 Å².